The molecule has 7 nitrogen and oxygen atoms in total. The van der Waals surface area contributed by atoms with Crippen LogP contribution in [0.4, 0.5) is 4.79 Å². The fraction of sp³-hybridized carbons (Fsp3) is 0.158. The lowest BCUT2D eigenvalue weighted by Crippen LogP contribution is -2.41. The number of ether oxygens (including phenoxy) is 1. The van der Waals surface area contributed by atoms with E-state index in [4.69, 9.17) is 4.74 Å². The summed E-state index contributed by atoms with van der Waals surface area (Å²) in [5.74, 6) is -0.700. The van der Waals surface area contributed by atoms with Gasteiger partial charge in [0.15, 0.2) is 6.61 Å². The van der Waals surface area contributed by atoms with Gasteiger partial charge in [-0.3, -0.25) is 10.1 Å². The molecule has 3 aromatic rings. The highest BCUT2D eigenvalue weighted by atomic mass is 32.2. The minimum absolute atomic E-state index is 0.320. The molecular formula is C19H17N3O4S3. The molecule has 2 heterocycles. The maximum absolute atomic E-state index is 12.4. The van der Waals surface area contributed by atoms with E-state index in [1.807, 2.05) is 35.0 Å². The molecule has 10 heteroatoms. The average Bonchev–Trinajstić information content (AvgIpc) is 3.43. The van der Waals surface area contributed by atoms with Gasteiger partial charge in [-0.25, -0.2) is 14.6 Å². The Kier molecular flexibility index (Phi) is 7.79. The van der Waals surface area contributed by atoms with Crippen molar-refractivity contribution in [1.29, 1.82) is 0 Å². The number of carbonyl (C=O) groups excluding carboxylic acids is 3. The van der Waals surface area contributed by atoms with Crippen LogP contribution in [0.25, 0.3) is 0 Å². The third-order valence-electron chi connectivity index (χ3n) is 3.56. The molecule has 0 fully saturated rings. The normalized spacial score (nSPS) is 10.3. The number of hydrogen-bond acceptors (Lipinski definition) is 8. The van der Waals surface area contributed by atoms with Gasteiger partial charge in [0.2, 0.25) is 0 Å². The number of rotatable bonds is 8. The SMILES string of the molecule is O=C(COC(=O)c1ccccc1SCc1cscn1)NC(=O)NCc1cccs1. The molecule has 29 heavy (non-hydrogen) atoms. The predicted molar refractivity (Wildman–Crippen MR) is 113 cm³/mol. The fourth-order valence-electron chi connectivity index (χ4n) is 2.22. The predicted octanol–water partition coefficient (Wildman–Crippen LogP) is 3.68. The number of esters is 1. The van der Waals surface area contributed by atoms with Gasteiger partial charge in [-0.1, -0.05) is 18.2 Å². The molecule has 3 rings (SSSR count). The number of carbonyl (C=O) groups is 3. The van der Waals surface area contributed by atoms with E-state index in [0.29, 0.717) is 17.9 Å². The van der Waals surface area contributed by atoms with E-state index >= 15 is 0 Å². The minimum atomic E-state index is -0.699. The first-order valence-corrected chi connectivity index (χ1v) is 11.3. The van der Waals surface area contributed by atoms with Crippen LogP contribution in [0.2, 0.25) is 0 Å². The maximum Gasteiger partial charge on any atom is 0.339 e. The molecule has 0 atom stereocenters. The number of nitrogens with zero attached hydrogens (tertiary/aromatic N) is 1. The molecule has 0 aliphatic heterocycles. The van der Waals surface area contributed by atoms with E-state index in [9.17, 15) is 14.4 Å². The summed E-state index contributed by atoms with van der Waals surface area (Å²) >= 11 is 4.47. The van der Waals surface area contributed by atoms with Crippen LogP contribution in [0.1, 0.15) is 20.9 Å². The zero-order chi connectivity index (χ0) is 20.5. The summed E-state index contributed by atoms with van der Waals surface area (Å²) in [5, 5.41) is 8.54. The van der Waals surface area contributed by atoms with Gasteiger partial charge in [-0.15, -0.1) is 34.4 Å². The van der Waals surface area contributed by atoms with Crippen molar-refractivity contribution in [1.82, 2.24) is 15.6 Å². The first-order chi connectivity index (χ1) is 14.1. The lowest BCUT2D eigenvalue weighted by atomic mass is 10.2. The largest absolute Gasteiger partial charge is 0.452 e. The standard InChI is InChI=1S/C19H17N3O4S3/c23-17(22-19(25)20-8-14-4-3-7-28-14)9-26-18(24)15-5-1-2-6-16(15)29-11-13-10-27-12-21-13/h1-7,10,12H,8-9,11H2,(H2,20,22,23,25). The Labute approximate surface area is 179 Å². The van der Waals surface area contributed by atoms with Crippen molar-refractivity contribution >= 4 is 52.3 Å². The Morgan fingerprint density at radius 3 is 2.76 bits per heavy atom. The minimum Gasteiger partial charge on any atom is -0.452 e. The van der Waals surface area contributed by atoms with Gasteiger partial charge in [-0.2, -0.15) is 0 Å². The molecule has 150 valence electrons. The molecule has 0 bridgehead atoms. The van der Waals surface area contributed by atoms with Crippen molar-refractivity contribution < 1.29 is 19.1 Å². The molecule has 2 N–H and O–H groups in total. The van der Waals surface area contributed by atoms with E-state index in [1.54, 1.807) is 17.6 Å². The highest BCUT2D eigenvalue weighted by Crippen LogP contribution is 2.26. The van der Waals surface area contributed by atoms with Gasteiger partial charge in [0.1, 0.15) is 0 Å². The molecule has 0 saturated carbocycles. The second kappa shape index (κ2) is 10.7. The summed E-state index contributed by atoms with van der Waals surface area (Å²) in [6.45, 7) is -0.226. The van der Waals surface area contributed by atoms with Crippen molar-refractivity contribution in [3.05, 3.63) is 68.8 Å². The van der Waals surface area contributed by atoms with Crippen LogP contribution in [0.15, 0.2) is 57.6 Å². The lowest BCUT2D eigenvalue weighted by molar-refractivity contribution is -0.123. The summed E-state index contributed by atoms with van der Waals surface area (Å²) in [6.07, 6.45) is 0. The van der Waals surface area contributed by atoms with E-state index < -0.39 is 24.5 Å². The number of thiophene rings is 1. The topological polar surface area (TPSA) is 97.4 Å². The molecule has 3 amide bonds. The van der Waals surface area contributed by atoms with E-state index in [1.165, 1.54) is 34.4 Å². The van der Waals surface area contributed by atoms with Crippen LogP contribution in [0.3, 0.4) is 0 Å². The van der Waals surface area contributed by atoms with Crippen LogP contribution in [-0.2, 0) is 21.8 Å². The summed E-state index contributed by atoms with van der Waals surface area (Å²) in [4.78, 5) is 41.9. The van der Waals surface area contributed by atoms with Crippen LogP contribution < -0.4 is 10.6 Å². The quantitative estimate of drug-likeness (QED) is 0.404. The van der Waals surface area contributed by atoms with E-state index in [-0.39, 0.29) is 0 Å². The Morgan fingerprint density at radius 1 is 1.14 bits per heavy atom. The van der Waals surface area contributed by atoms with Crippen LogP contribution >= 0.6 is 34.4 Å². The molecule has 0 spiro atoms. The molecule has 2 aromatic heterocycles. The highest BCUT2D eigenvalue weighted by Gasteiger charge is 2.16. The number of nitrogens with one attached hydrogen (secondary N) is 2. The van der Waals surface area contributed by atoms with Gasteiger partial charge < -0.3 is 10.1 Å². The molecule has 0 radical (unpaired) electrons. The Bertz CT molecular complexity index is 959. The third-order valence-corrected chi connectivity index (χ3v) is 6.18. The third kappa shape index (κ3) is 6.70. The summed E-state index contributed by atoms with van der Waals surface area (Å²) in [6, 6.07) is 10.1. The van der Waals surface area contributed by atoms with Gasteiger partial charge in [0.25, 0.3) is 5.91 Å². The molecule has 1 aromatic carbocycles. The van der Waals surface area contributed by atoms with Crippen molar-refractivity contribution in [3.8, 4) is 0 Å². The number of hydrogen-bond donors (Lipinski definition) is 2. The molecule has 0 saturated heterocycles. The zero-order valence-electron chi connectivity index (χ0n) is 15.1. The second-order valence-electron chi connectivity index (χ2n) is 5.65. The van der Waals surface area contributed by atoms with Crippen molar-refractivity contribution in [2.75, 3.05) is 6.61 Å². The molecule has 0 aliphatic rings. The van der Waals surface area contributed by atoms with E-state index in [2.05, 4.69) is 15.6 Å². The van der Waals surface area contributed by atoms with Crippen LogP contribution in [0.5, 0.6) is 0 Å². The number of thiazole rings is 1. The summed E-state index contributed by atoms with van der Waals surface area (Å²) in [7, 11) is 0. The summed E-state index contributed by atoms with van der Waals surface area (Å²) < 4.78 is 5.06. The number of aromatic nitrogens is 1. The number of imide groups is 1. The Balaban J connectivity index is 1.46. The van der Waals surface area contributed by atoms with Crippen molar-refractivity contribution in [2.24, 2.45) is 0 Å². The average molecular weight is 448 g/mol. The number of benzene rings is 1. The number of urea groups is 1. The highest BCUT2D eigenvalue weighted by molar-refractivity contribution is 7.98. The molecule has 0 unspecified atom stereocenters. The van der Waals surface area contributed by atoms with Gasteiger partial charge in [0, 0.05) is 20.9 Å². The van der Waals surface area contributed by atoms with Gasteiger partial charge in [0.05, 0.1) is 23.3 Å². The van der Waals surface area contributed by atoms with E-state index in [0.717, 1.165) is 15.5 Å². The lowest BCUT2D eigenvalue weighted by Gasteiger charge is -2.09. The molecule has 0 aliphatic carbocycles. The Morgan fingerprint density at radius 2 is 2.00 bits per heavy atom. The number of thioether (sulfide) groups is 1. The monoisotopic (exact) mass is 447 g/mol. The van der Waals surface area contributed by atoms with Crippen molar-refractivity contribution in [2.45, 2.75) is 17.2 Å². The van der Waals surface area contributed by atoms with Crippen LogP contribution in [0, 0.1) is 0 Å². The smallest absolute Gasteiger partial charge is 0.339 e. The van der Waals surface area contributed by atoms with Crippen molar-refractivity contribution in [3.63, 3.8) is 0 Å². The first kappa shape index (κ1) is 21.0. The second-order valence-corrected chi connectivity index (χ2v) is 8.42. The zero-order valence-corrected chi connectivity index (χ0v) is 17.6. The van der Waals surface area contributed by atoms with Crippen LogP contribution in [-0.4, -0.2) is 29.5 Å². The number of amides is 3. The fourth-order valence-corrected chi connectivity index (χ4v) is 4.47. The van der Waals surface area contributed by atoms with Gasteiger partial charge in [-0.05, 0) is 23.6 Å². The first-order valence-electron chi connectivity index (χ1n) is 8.48. The summed E-state index contributed by atoms with van der Waals surface area (Å²) in [5.41, 5.74) is 3.05. The molecular weight excluding hydrogens is 430 g/mol. The Hall–Kier alpha value is -2.69. The maximum atomic E-state index is 12.4. The van der Waals surface area contributed by atoms with Gasteiger partial charge >= 0.3 is 12.0 Å².